The van der Waals surface area contributed by atoms with Crippen molar-refractivity contribution in [3.8, 4) is 0 Å². The Labute approximate surface area is 130 Å². The molecule has 0 saturated carbocycles. The first-order valence-corrected chi connectivity index (χ1v) is 8.19. The second-order valence-electron chi connectivity index (χ2n) is 5.22. The molecule has 1 aromatic rings. The number of aliphatic hydroxyl groups is 1. The van der Waals surface area contributed by atoms with Gasteiger partial charge in [-0.3, -0.25) is 4.79 Å². The lowest BCUT2D eigenvalue weighted by atomic mass is 10.0. The minimum Gasteiger partial charge on any atom is -0.396 e. The number of anilines is 2. The summed E-state index contributed by atoms with van der Waals surface area (Å²) >= 11 is 1.31. The van der Waals surface area contributed by atoms with Gasteiger partial charge in [0, 0.05) is 25.7 Å². The summed E-state index contributed by atoms with van der Waals surface area (Å²) in [7, 11) is 0. The third kappa shape index (κ3) is 4.57. The van der Waals surface area contributed by atoms with Crippen molar-refractivity contribution in [1.29, 1.82) is 0 Å². The van der Waals surface area contributed by atoms with Gasteiger partial charge < -0.3 is 21.1 Å². The largest absolute Gasteiger partial charge is 0.396 e. The van der Waals surface area contributed by atoms with Crippen molar-refractivity contribution in [2.75, 3.05) is 30.3 Å². The number of thiazole rings is 1. The van der Waals surface area contributed by atoms with Gasteiger partial charge in [0.05, 0.1) is 0 Å². The van der Waals surface area contributed by atoms with Crippen molar-refractivity contribution in [2.45, 2.75) is 40.2 Å². The third-order valence-corrected chi connectivity index (χ3v) is 4.57. The summed E-state index contributed by atoms with van der Waals surface area (Å²) in [6.45, 7) is 9.79. The van der Waals surface area contributed by atoms with Crippen LogP contribution in [0.15, 0.2) is 0 Å². The van der Waals surface area contributed by atoms with Crippen molar-refractivity contribution in [3.63, 3.8) is 0 Å². The van der Waals surface area contributed by atoms with Gasteiger partial charge >= 0.3 is 0 Å². The monoisotopic (exact) mass is 314 g/mol. The van der Waals surface area contributed by atoms with Gasteiger partial charge in [-0.05, 0) is 26.2 Å². The average molecular weight is 314 g/mol. The number of carbonyl (C=O) groups excluding carboxylic acids is 1. The van der Waals surface area contributed by atoms with Crippen LogP contribution >= 0.6 is 11.3 Å². The van der Waals surface area contributed by atoms with E-state index in [4.69, 9.17) is 10.8 Å². The first-order chi connectivity index (χ1) is 9.94. The smallest absolute Gasteiger partial charge is 0.265 e. The highest BCUT2D eigenvalue weighted by molar-refractivity contribution is 7.18. The quantitative estimate of drug-likeness (QED) is 0.679. The van der Waals surface area contributed by atoms with Crippen LogP contribution in [0.3, 0.4) is 0 Å². The third-order valence-electron chi connectivity index (χ3n) is 3.44. The Balaban J connectivity index is 2.87. The molecule has 0 saturated heterocycles. The van der Waals surface area contributed by atoms with Crippen LogP contribution in [-0.4, -0.2) is 41.7 Å². The maximum absolute atomic E-state index is 12.3. The van der Waals surface area contributed by atoms with Crippen LogP contribution < -0.4 is 16.0 Å². The molecule has 1 heterocycles. The Morgan fingerprint density at radius 2 is 2.05 bits per heavy atom. The van der Waals surface area contributed by atoms with E-state index in [-0.39, 0.29) is 30.3 Å². The van der Waals surface area contributed by atoms with Crippen LogP contribution in [0.5, 0.6) is 0 Å². The zero-order valence-electron chi connectivity index (χ0n) is 13.2. The molecule has 1 amide bonds. The molecule has 1 rings (SSSR count). The van der Waals surface area contributed by atoms with Crippen LogP contribution in [0.2, 0.25) is 0 Å². The second kappa shape index (κ2) is 8.19. The topological polar surface area (TPSA) is 91.5 Å². The summed E-state index contributed by atoms with van der Waals surface area (Å²) in [5.74, 6) is 0.305. The number of aliphatic hydroxyl groups excluding tert-OH is 1. The van der Waals surface area contributed by atoms with E-state index < -0.39 is 0 Å². The average Bonchev–Trinajstić information content (AvgIpc) is 2.81. The Morgan fingerprint density at radius 3 is 2.52 bits per heavy atom. The maximum atomic E-state index is 12.3. The molecule has 21 heavy (non-hydrogen) atoms. The van der Waals surface area contributed by atoms with Crippen molar-refractivity contribution < 1.29 is 9.90 Å². The molecule has 0 aliphatic carbocycles. The van der Waals surface area contributed by atoms with Crippen LogP contribution in [0.4, 0.5) is 10.9 Å². The summed E-state index contributed by atoms with van der Waals surface area (Å²) in [5, 5.41) is 12.8. The van der Waals surface area contributed by atoms with Crippen molar-refractivity contribution in [3.05, 3.63) is 4.88 Å². The molecule has 7 heteroatoms. The number of nitrogens with one attached hydrogen (secondary N) is 1. The summed E-state index contributed by atoms with van der Waals surface area (Å²) in [4.78, 5) is 19.1. The Kier molecular flexibility index (Phi) is 6.91. The molecule has 0 fully saturated rings. The molecular weight excluding hydrogens is 288 g/mol. The van der Waals surface area contributed by atoms with E-state index in [0.29, 0.717) is 11.3 Å². The Bertz CT molecular complexity index is 458. The van der Waals surface area contributed by atoms with Crippen LogP contribution in [0, 0.1) is 5.92 Å². The number of nitrogens with two attached hydrogens (primary N) is 1. The van der Waals surface area contributed by atoms with E-state index in [1.807, 2.05) is 27.7 Å². The number of amides is 1. The van der Waals surface area contributed by atoms with E-state index in [9.17, 15) is 4.79 Å². The molecule has 0 bridgehead atoms. The summed E-state index contributed by atoms with van der Waals surface area (Å²) < 4.78 is 0. The number of nitrogens with zero attached hydrogens (tertiary/aromatic N) is 2. The second-order valence-corrected chi connectivity index (χ2v) is 6.20. The highest BCUT2D eigenvalue weighted by Crippen LogP contribution is 2.28. The van der Waals surface area contributed by atoms with Gasteiger partial charge in [-0.25, -0.2) is 4.98 Å². The normalized spacial score (nSPS) is 12.5. The summed E-state index contributed by atoms with van der Waals surface area (Å²) in [6, 6.07) is -0.0686. The lowest BCUT2D eigenvalue weighted by Crippen LogP contribution is -2.39. The molecule has 0 spiro atoms. The molecule has 0 aliphatic rings. The van der Waals surface area contributed by atoms with Crippen molar-refractivity contribution >= 4 is 28.2 Å². The minimum absolute atomic E-state index is 0.0476. The molecule has 0 radical (unpaired) electrons. The van der Waals surface area contributed by atoms with Crippen LogP contribution in [-0.2, 0) is 0 Å². The predicted octanol–water partition coefficient (Wildman–Crippen LogP) is 1.71. The standard InChI is InChI=1S/C14H26N4O2S/c1-5-18(6-2)14-17-12(15)11(21-14)13(20)16-10(7-8-19)9(3)4/h9-10,19H,5-8,15H2,1-4H3,(H,16,20). The lowest BCUT2D eigenvalue weighted by molar-refractivity contribution is 0.0921. The molecule has 120 valence electrons. The Morgan fingerprint density at radius 1 is 1.43 bits per heavy atom. The fourth-order valence-corrected chi connectivity index (χ4v) is 3.07. The molecule has 4 N–H and O–H groups in total. The van der Waals surface area contributed by atoms with Crippen molar-refractivity contribution in [1.82, 2.24) is 10.3 Å². The van der Waals surface area contributed by atoms with Crippen molar-refractivity contribution in [2.24, 2.45) is 5.92 Å². The van der Waals surface area contributed by atoms with Gasteiger partial charge in [0.1, 0.15) is 10.7 Å². The number of carbonyl (C=O) groups is 1. The van der Waals surface area contributed by atoms with E-state index in [1.54, 1.807) is 0 Å². The van der Waals surface area contributed by atoms with Crippen LogP contribution in [0.25, 0.3) is 0 Å². The van der Waals surface area contributed by atoms with E-state index in [1.165, 1.54) is 11.3 Å². The number of nitrogen functional groups attached to an aromatic ring is 1. The molecule has 6 nitrogen and oxygen atoms in total. The number of hydrogen-bond acceptors (Lipinski definition) is 6. The number of aromatic nitrogens is 1. The summed E-state index contributed by atoms with van der Waals surface area (Å²) in [5.41, 5.74) is 5.88. The minimum atomic E-state index is -0.212. The van der Waals surface area contributed by atoms with Gasteiger partial charge in [0.2, 0.25) is 0 Å². The Hall–Kier alpha value is -1.34. The molecule has 1 unspecified atom stereocenters. The van der Waals surface area contributed by atoms with Gasteiger partial charge in [0.25, 0.3) is 5.91 Å². The highest BCUT2D eigenvalue weighted by atomic mass is 32.1. The fourth-order valence-electron chi connectivity index (χ4n) is 2.06. The van der Waals surface area contributed by atoms with Gasteiger partial charge in [-0.15, -0.1) is 0 Å². The molecule has 0 aliphatic heterocycles. The van der Waals surface area contributed by atoms with E-state index in [0.717, 1.165) is 18.2 Å². The highest BCUT2D eigenvalue weighted by Gasteiger charge is 2.22. The number of hydrogen-bond donors (Lipinski definition) is 3. The predicted molar refractivity (Wildman–Crippen MR) is 87.9 cm³/mol. The molecular formula is C14H26N4O2S. The first-order valence-electron chi connectivity index (χ1n) is 7.37. The van der Waals surface area contributed by atoms with Crippen LogP contribution in [0.1, 0.15) is 43.8 Å². The first kappa shape index (κ1) is 17.7. The molecule has 1 atom stereocenters. The molecule has 1 aromatic heterocycles. The number of rotatable bonds is 8. The van der Waals surface area contributed by atoms with E-state index >= 15 is 0 Å². The SMILES string of the molecule is CCN(CC)c1nc(N)c(C(=O)NC(CCO)C(C)C)s1. The lowest BCUT2D eigenvalue weighted by Gasteiger charge is -2.21. The maximum Gasteiger partial charge on any atom is 0.265 e. The van der Waals surface area contributed by atoms with E-state index in [2.05, 4.69) is 15.2 Å². The summed E-state index contributed by atoms with van der Waals surface area (Å²) in [6.07, 6.45) is 0.533. The van der Waals surface area contributed by atoms with Gasteiger partial charge in [-0.1, -0.05) is 25.2 Å². The van der Waals surface area contributed by atoms with Gasteiger partial charge in [0.15, 0.2) is 5.13 Å². The zero-order chi connectivity index (χ0) is 16.0. The zero-order valence-corrected chi connectivity index (χ0v) is 14.0. The fraction of sp³-hybridized carbons (Fsp3) is 0.714. The molecule has 0 aromatic carbocycles. The van der Waals surface area contributed by atoms with Gasteiger partial charge in [-0.2, -0.15) is 0 Å².